The van der Waals surface area contributed by atoms with Crippen LogP contribution in [0.3, 0.4) is 0 Å². The van der Waals surface area contributed by atoms with E-state index in [0.717, 1.165) is 10.9 Å². The Kier molecular flexibility index (Phi) is 6.56. The smallest absolute Gasteiger partial charge is 0.337 e. The lowest BCUT2D eigenvalue weighted by Crippen LogP contribution is -2.33. The van der Waals surface area contributed by atoms with E-state index in [0.29, 0.717) is 29.5 Å². The number of aromatic nitrogens is 1. The van der Waals surface area contributed by atoms with E-state index in [9.17, 15) is 8.42 Å². The van der Waals surface area contributed by atoms with Crippen molar-refractivity contribution in [3.63, 3.8) is 0 Å². The quantitative estimate of drug-likeness (QED) is 0.490. The second-order valence-corrected chi connectivity index (χ2v) is 9.15. The molecular formula is C22H24N4O6S. The van der Waals surface area contributed by atoms with Crippen LogP contribution >= 0.6 is 0 Å². The van der Waals surface area contributed by atoms with Gasteiger partial charge < -0.3 is 18.9 Å². The largest absolute Gasteiger partial charge is 0.497 e. The first-order chi connectivity index (χ1) is 15.7. The molecule has 0 spiro atoms. The van der Waals surface area contributed by atoms with Gasteiger partial charge in [-0.3, -0.25) is 4.98 Å². The molecule has 1 aliphatic heterocycles. The molecule has 1 aromatic heterocycles. The molecule has 33 heavy (non-hydrogen) atoms. The van der Waals surface area contributed by atoms with E-state index in [4.69, 9.17) is 18.9 Å². The van der Waals surface area contributed by atoms with E-state index in [1.807, 2.05) is 18.2 Å². The molecule has 1 saturated heterocycles. The molecule has 0 radical (unpaired) electrons. The molecule has 1 unspecified atom stereocenters. The van der Waals surface area contributed by atoms with Crippen molar-refractivity contribution >= 4 is 26.8 Å². The topological polar surface area (TPSA) is 121 Å². The van der Waals surface area contributed by atoms with Crippen LogP contribution in [0.2, 0.25) is 0 Å². The number of methoxy groups -OCH3 is 1. The minimum atomic E-state index is -3.97. The maximum atomic E-state index is 12.1. The Morgan fingerprint density at radius 3 is 2.61 bits per heavy atom. The standard InChI is InChI=1S/C22H24N4O6S/c1-22(2)30-14-18(32-22)13-24-33(27,28)26-25-15-4-6-16(7-5-15)31-21-10-11-23-20-12-17(29-3)8-9-19(20)21/h4-12,18,24H,13-14H2,1-3H3. The van der Waals surface area contributed by atoms with Crippen LogP contribution in [0.1, 0.15) is 13.8 Å². The van der Waals surface area contributed by atoms with Crippen molar-refractivity contribution in [3.05, 3.63) is 54.7 Å². The first-order valence-electron chi connectivity index (χ1n) is 10.2. The van der Waals surface area contributed by atoms with Crippen LogP contribution in [0.15, 0.2) is 64.4 Å². The summed E-state index contributed by atoms with van der Waals surface area (Å²) in [6.45, 7) is 3.88. The minimum Gasteiger partial charge on any atom is -0.497 e. The molecule has 11 heteroatoms. The fourth-order valence-corrected chi connectivity index (χ4v) is 3.87. The van der Waals surface area contributed by atoms with Crippen LogP contribution in [-0.2, 0) is 19.7 Å². The van der Waals surface area contributed by atoms with Crippen molar-refractivity contribution < 1.29 is 27.4 Å². The molecule has 1 aliphatic rings. The second kappa shape index (κ2) is 9.40. The molecule has 0 bridgehead atoms. The summed E-state index contributed by atoms with van der Waals surface area (Å²) in [6.07, 6.45) is 1.27. The zero-order valence-electron chi connectivity index (χ0n) is 18.4. The third kappa shape index (κ3) is 6.02. The van der Waals surface area contributed by atoms with E-state index in [1.54, 1.807) is 57.5 Å². The number of pyridine rings is 1. The number of benzene rings is 2. The van der Waals surface area contributed by atoms with Gasteiger partial charge in [0.15, 0.2) is 5.79 Å². The molecule has 2 heterocycles. The molecule has 0 amide bonds. The van der Waals surface area contributed by atoms with E-state index in [2.05, 4.69) is 19.3 Å². The first kappa shape index (κ1) is 23.1. The van der Waals surface area contributed by atoms with Crippen LogP contribution in [0.25, 0.3) is 10.9 Å². The maximum Gasteiger partial charge on any atom is 0.337 e. The van der Waals surface area contributed by atoms with Crippen molar-refractivity contribution in [2.24, 2.45) is 9.63 Å². The number of hydrogen-bond acceptors (Lipinski definition) is 8. The summed E-state index contributed by atoms with van der Waals surface area (Å²) in [5, 5.41) is 4.62. The Balaban J connectivity index is 1.38. The number of rotatable bonds is 8. The van der Waals surface area contributed by atoms with Crippen molar-refractivity contribution in [2.75, 3.05) is 20.3 Å². The molecule has 4 rings (SSSR count). The lowest BCUT2D eigenvalue weighted by molar-refractivity contribution is -0.137. The van der Waals surface area contributed by atoms with Crippen LogP contribution < -0.4 is 14.2 Å². The predicted octanol–water partition coefficient (Wildman–Crippen LogP) is 4.11. The van der Waals surface area contributed by atoms with Crippen molar-refractivity contribution in [1.82, 2.24) is 9.71 Å². The number of nitrogens with one attached hydrogen (secondary N) is 1. The fourth-order valence-electron chi connectivity index (χ4n) is 3.22. The molecule has 1 atom stereocenters. The number of nitrogens with zero attached hydrogens (tertiary/aromatic N) is 3. The number of hydrogen-bond donors (Lipinski definition) is 1. The molecule has 0 saturated carbocycles. The van der Waals surface area contributed by atoms with E-state index < -0.39 is 16.0 Å². The van der Waals surface area contributed by atoms with Gasteiger partial charge in [-0.2, -0.15) is 13.1 Å². The Hall–Kier alpha value is -3.12. The summed E-state index contributed by atoms with van der Waals surface area (Å²) in [5.74, 6) is 1.17. The summed E-state index contributed by atoms with van der Waals surface area (Å²) in [6, 6.07) is 13.9. The van der Waals surface area contributed by atoms with Gasteiger partial charge in [-0.15, -0.1) is 5.11 Å². The molecule has 1 fully saturated rings. The van der Waals surface area contributed by atoms with Gasteiger partial charge in [0.25, 0.3) is 0 Å². The molecular weight excluding hydrogens is 448 g/mol. The van der Waals surface area contributed by atoms with E-state index >= 15 is 0 Å². The average molecular weight is 473 g/mol. The Labute approximate surface area is 191 Å². The summed E-state index contributed by atoms with van der Waals surface area (Å²) in [5.41, 5.74) is 1.10. The van der Waals surface area contributed by atoms with Crippen molar-refractivity contribution in [1.29, 1.82) is 0 Å². The normalized spacial score (nSPS) is 18.1. The summed E-state index contributed by atoms with van der Waals surface area (Å²) in [7, 11) is -2.37. The highest BCUT2D eigenvalue weighted by molar-refractivity contribution is 7.88. The van der Waals surface area contributed by atoms with Crippen molar-refractivity contribution in [3.8, 4) is 17.2 Å². The summed E-state index contributed by atoms with van der Waals surface area (Å²) >= 11 is 0. The van der Waals surface area contributed by atoms with Gasteiger partial charge in [0, 0.05) is 24.2 Å². The third-order valence-corrected chi connectivity index (χ3v) is 5.63. The average Bonchev–Trinajstić information content (AvgIpc) is 3.16. The van der Waals surface area contributed by atoms with Gasteiger partial charge in [-0.1, -0.05) is 0 Å². The van der Waals surface area contributed by atoms with Crippen molar-refractivity contribution in [2.45, 2.75) is 25.7 Å². The highest BCUT2D eigenvalue weighted by Gasteiger charge is 2.33. The van der Waals surface area contributed by atoms with Gasteiger partial charge in [-0.25, -0.2) is 0 Å². The Bertz CT molecular complexity index is 1260. The van der Waals surface area contributed by atoms with Crippen LogP contribution in [-0.4, -0.2) is 45.6 Å². The lowest BCUT2D eigenvalue weighted by Gasteiger charge is -2.16. The van der Waals surface area contributed by atoms with Gasteiger partial charge >= 0.3 is 10.2 Å². The van der Waals surface area contributed by atoms with Gasteiger partial charge in [-0.05, 0) is 60.8 Å². The monoisotopic (exact) mass is 472 g/mol. The highest BCUT2D eigenvalue weighted by atomic mass is 32.2. The third-order valence-electron chi connectivity index (χ3n) is 4.80. The molecule has 0 aliphatic carbocycles. The number of ether oxygens (including phenoxy) is 4. The Morgan fingerprint density at radius 2 is 1.91 bits per heavy atom. The van der Waals surface area contributed by atoms with E-state index in [-0.39, 0.29) is 12.6 Å². The summed E-state index contributed by atoms with van der Waals surface area (Å²) < 4.78 is 52.1. The van der Waals surface area contributed by atoms with Gasteiger partial charge in [0.2, 0.25) is 0 Å². The van der Waals surface area contributed by atoms with E-state index in [1.165, 1.54) is 0 Å². The van der Waals surface area contributed by atoms with Gasteiger partial charge in [0.05, 0.1) is 31.0 Å². The molecule has 1 N–H and O–H groups in total. The molecule has 174 valence electrons. The summed E-state index contributed by atoms with van der Waals surface area (Å²) in [4.78, 5) is 4.34. The van der Waals surface area contributed by atoms with Gasteiger partial charge in [0.1, 0.15) is 17.2 Å². The predicted molar refractivity (Wildman–Crippen MR) is 121 cm³/mol. The fraction of sp³-hybridized carbons (Fsp3) is 0.318. The maximum absolute atomic E-state index is 12.1. The molecule has 10 nitrogen and oxygen atoms in total. The van der Waals surface area contributed by atoms with Crippen LogP contribution in [0.4, 0.5) is 5.69 Å². The second-order valence-electron chi connectivity index (χ2n) is 7.74. The molecule has 2 aromatic carbocycles. The number of fused-ring (bicyclic) bond motifs is 1. The lowest BCUT2D eigenvalue weighted by atomic mass is 10.2. The Morgan fingerprint density at radius 1 is 1.15 bits per heavy atom. The zero-order chi connectivity index (χ0) is 23.5. The first-order valence-corrected chi connectivity index (χ1v) is 11.6. The minimum absolute atomic E-state index is 0.0450. The zero-order valence-corrected chi connectivity index (χ0v) is 19.2. The SMILES string of the molecule is COc1ccc2c(Oc3ccc(N=NS(=O)(=O)NCC4COC(C)(C)O4)cc3)ccnc2c1. The van der Waals surface area contributed by atoms with Crippen LogP contribution in [0.5, 0.6) is 17.2 Å². The molecule has 3 aromatic rings. The highest BCUT2D eigenvalue weighted by Crippen LogP contribution is 2.31. The van der Waals surface area contributed by atoms with Crippen LogP contribution in [0, 0.1) is 0 Å².